The molecule has 0 spiro atoms. The van der Waals surface area contributed by atoms with Gasteiger partial charge in [0.25, 0.3) is 0 Å². The predicted molar refractivity (Wildman–Crippen MR) is 140 cm³/mol. The highest BCUT2D eigenvalue weighted by atomic mass is 16.5. The molecule has 1 aliphatic rings. The van der Waals surface area contributed by atoms with Crippen molar-refractivity contribution in [2.24, 2.45) is 0 Å². The van der Waals surface area contributed by atoms with Gasteiger partial charge in [-0.25, -0.2) is 14.3 Å². The Morgan fingerprint density at radius 2 is 1.76 bits per heavy atom. The van der Waals surface area contributed by atoms with Gasteiger partial charge in [0.1, 0.15) is 24.3 Å². The first-order valence-corrected chi connectivity index (χ1v) is 12.7. The fourth-order valence-corrected chi connectivity index (χ4v) is 4.42. The van der Waals surface area contributed by atoms with Gasteiger partial charge in [0.05, 0.1) is 0 Å². The smallest absolute Gasteiger partial charge is 0.422 e. The molecule has 2 aromatic heterocycles. The van der Waals surface area contributed by atoms with E-state index in [1.54, 1.807) is 6.26 Å². The number of benzene rings is 2. The van der Waals surface area contributed by atoms with Crippen LogP contribution in [0.15, 0.2) is 74.5 Å². The molecule has 2 aromatic carbocycles. The molecule has 0 atom stereocenters. The standard InChI is InChI=1S/C29H31N3O5/c33-28-26(37-29(34)32(28)18-17-31-15-5-2-6-16-31)19-23-9-12-25(13-10-23)35-20-24-21-36-27(30-24)14-11-22-7-3-1-4-8-22/h1,3-4,7-14,21,33H,2,5-6,15-20H2. The van der Waals surface area contributed by atoms with Gasteiger partial charge in [-0.15, -0.1) is 0 Å². The molecule has 0 saturated carbocycles. The number of rotatable bonds is 10. The predicted octanol–water partition coefficient (Wildman–Crippen LogP) is 4.96. The van der Waals surface area contributed by atoms with Crippen molar-refractivity contribution in [2.45, 2.75) is 38.8 Å². The van der Waals surface area contributed by atoms with Gasteiger partial charge in [-0.2, -0.15) is 0 Å². The minimum absolute atomic E-state index is 0.0921. The third-order valence-corrected chi connectivity index (χ3v) is 6.49. The lowest BCUT2D eigenvalue weighted by molar-refractivity contribution is 0.216. The minimum Gasteiger partial charge on any atom is -0.492 e. The van der Waals surface area contributed by atoms with Crippen molar-refractivity contribution in [3.63, 3.8) is 0 Å². The van der Waals surface area contributed by atoms with Crippen LogP contribution in [-0.4, -0.2) is 39.2 Å². The summed E-state index contributed by atoms with van der Waals surface area (Å²) in [5, 5.41) is 10.6. The van der Waals surface area contributed by atoms with Gasteiger partial charge in [0.15, 0.2) is 5.76 Å². The average molecular weight is 502 g/mol. The summed E-state index contributed by atoms with van der Waals surface area (Å²) in [6.07, 6.45) is 9.29. The molecule has 1 saturated heterocycles. The number of piperidine rings is 1. The third kappa shape index (κ3) is 6.59. The van der Waals surface area contributed by atoms with Crippen molar-refractivity contribution in [1.29, 1.82) is 0 Å². The minimum atomic E-state index is -0.518. The summed E-state index contributed by atoms with van der Waals surface area (Å²) >= 11 is 0. The summed E-state index contributed by atoms with van der Waals surface area (Å²) in [6, 6.07) is 17.4. The fourth-order valence-electron chi connectivity index (χ4n) is 4.42. The molecular formula is C29H31N3O5. The molecule has 3 heterocycles. The molecule has 0 aliphatic carbocycles. The quantitative estimate of drug-likeness (QED) is 0.328. The largest absolute Gasteiger partial charge is 0.492 e. The lowest BCUT2D eigenvalue weighted by atomic mass is 10.1. The summed E-state index contributed by atoms with van der Waals surface area (Å²) in [5.41, 5.74) is 2.66. The second-order valence-electron chi connectivity index (χ2n) is 9.20. The van der Waals surface area contributed by atoms with Gasteiger partial charge < -0.3 is 23.6 Å². The summed E-state index contributed by atoms with van der Waals surface area (Å²) in [6.45, 7) is 3.51. The summed E-state index contributed by atoms with van der Waals surface area (Å²) in [5.74, 6) is 0.858. The summed E-state index contributed by atoms with van der Waals surface area (Å²) < 4.78 is 18.0. The van der Waals surface area contributed by atoms with Gasteiger partial charge in [-0.1, -0.05) is 48.9 Å². The second-order valence-corrected chi connectivity index (χ2v) is 9.20. The van der Waals surface area contributed by atoms with Crippen LogP contribution in [0.2, 0.25) is 0 Å². The Bertz CT molecular complexity index is 1360. The van der Waals surface area contributed by atoms with Crippen molar-refractivity contribution >= 4 is 12.2 Å². The Morgan fingerprint density at radius 1 is 0.973 bits per heavy atom. The van der Waals surface area contributed by atoms with Crippen LogP contribution in [0.25, 0.3) is 12.2 Å². The van der Waals surface area contributed by atoms with Crippen molar-refractivity contribution in [3.05, 3.63) is 99.9 Å². The first-order valence-electron chi connectivity index (χ1n) is 12.7. The van der Waals surface area contributed by atoms with E-state index in [0.717, 1.165) is 30.8 Å². The monoisotopic (exact) mass is 501 g/mol. The van der Waals surface area contributed by atoms with E-state index < -0.39 is 5.76 Å². The molecule has 192 valence electrons. The maximum Gasteiger partial charge on any atom is 0.422 e. The van der Waals surface area contributed by atoms with E-state index in [0.29, 0.717) is 30.3 Å². The normalized spacial score (nSPS) is 14.4. The van der Waals surface area contributed by atoms with Crippen molar-refractivity contribution < 1.29 is 18.7 Å². The summed E-state index contributed by atoms with van der Waals surface area (Å²) in [4.78, 5) is 19.0. The Kier molecular flexibility index (Phi) is 7.86. The number of oxazole rings is 2. The molecule has 37 heavy (non-hydrogen) atoms. The number of ether oxygens (including phenoxy) is 1. The number of hydrogen-bond acceptors (Lipinski definition) is 7. The maximum atomic E-state index is 12.3. The molecule has 1 N–H and O–H groups in total. The van der Waals surface area contributed by atoms with Gasteiger partial charge >= 0.3 is 5.76 Å². The number of hydrogen-bond donors (Lipinski definition) is 1. The van der Waals surface area contributed by atoms with Crippen molar-refractivity contribution in [1.82, 2.24) is 14.5 Å². The van der Waals surface area contributed by atoms with Gasteiger partial charge in [-0.3, -0.25) is 0 Å². The lowest BCUT2D eigenvalue weighted by Crippen LogP contribution is -2.33. The van der Waals surface area contributed by atoms with Crippen molar-refractivity contribution in [3.8, 4) is 11.6 Å². The Labute approximate surface area is 215 Å². The van der Waals surface area contributed by atoms with Gasteiger partial charge in [0.2, 0.25) is 11.8 Å². The Morgan fingerprint density at radius 3 is 2.54 bits per heavy atom. The molecule has 5 rings (SSSR count). The molecule has 0 bridgehead atoms. The number of nitrogens with zero attached hydrogens (tertiary/aromatic N) is 3. The molecule has 0 radical (unpaired) electrons. The zero-order valence-electron chi connectivity index (χ0n) is 20.7. The summed E-state index contributed by atoms with van der Waals surface area (Å²) in [7, 11) is 0. The molecule has 1 fully saturated rings. The third-order valence-electron chi connectivity index (χ3n) is 6.49. The highest BCUT2D eigenvalue weighted by Crippen LogP contribution is 2.22. The molecule has 0 amide bonds. The van der Waals surface area contributed by atoms with E-state index >= 15 is 0 Å². The highest BCUT2D eigenvalue weighted by molar-refractivity contribution is 5.65. The molecule has 4 aromatic rings. The lowest BCUT2D eigenvalue weighted by Gasteiger charge is -2.26. The van der Waals surface area contributed by atoms with Crippen LogP contribution in [0, 0.1) is 0 Å². The number of aromatic hydroxyl groups is 1. The fraction of sp³-hybridized carbons (Fsp3) is 0.310. The van der Waals surface area contributed by atoms with Crippen LogP contribution in [0.4, 0.5) is 0 Å². The average Bonchev–Trinajstić information content (AvgIpc) is 3.50. The number of aromatic nitrogens is 2. The first kappa shape index (κ1) is 24.6. The Hall–Kier alpha value is -4.04. The highest BCUT2D eigenvalue weighted by Gasteiger charge is 2.18. The Balaban J connectivity index is 1.13. The van der Waals surface area contributed by atoms with Gasteiger partial charge in [0, 0.05) is 25.6 Å². The number of likely N-dealkylation sites (tertiary alicyclic amines) is 1. The van der Waals surface area contributed by atoms with E-state index in [-0.39, 0.29) is 18.2 Å². The van der Waals surface area contributed by atoms with E-state index in [9.17, 15) is 9.90 Å². The van der Waals surface area contributed by atoms with E-state index in [1.165, 1.54) is 23.8 Å². The zero-order chi connectivity index (χ0) is 25.5. The van der Waals surface area contributed by atoms with E-state index in [4.69, 9.17) is 13.6 Å². The zero-order valence-corrected chi connectivity index (χ0v) is 20.7. The SMILES string of the molecule is O=c1oc(Cc2ccc(OCc3coc(C=Cc4ccccc4)n3)cc2)c(O)n1CCN1CCCCC1. The molecule has 1 aliphatic heterocycles. The van der Waals surface area contributed by atoms with Crippen LogP contribution < -0.4 is 10.5 Å². The first-order chi connectivity index (χ1) is 18.1. The second kappa shape index (κ2) is 11.8. The maximum absolute atomic E-state index is 12.3. The molecule has 8 nitrogen and oxygen atoms in total. The van der Waals surface area contributed by atoms with Crippen LogP contribution in [0.1, 0.15) is 47.7 Å². The van der Waals surface area contributed by atoms with Crippen LogP contribution >= 0.6 is 0 Å². The van der Waals surface area contributed by atoms with Gasteiger partial charge in [-0.05, 0) is 55.3 Å². The topological polar surface area (TPSA) is 93.9 Å². The van der Waals surface area contributed by atoms with E-state index in [1.807, 2.05) is 66.7 Å². The van der Waals surface area contributed by atoms with Crippen LogP contribution in [-0.2, 0) is 19.6 Å². The molecule has 0 unspecified atom stereocenters. The van der Waals surface area contributed by atoms with E-state index in [2.05, 4.69) is 9.88 Å². The van der Waals surface area contributed by atoms with Crippen LogP contribution in [0.3, 0.4) is 0 Å². The molecular weight excluding hydrogens is 470 g/mol. The van der Waals surface area contributed by atoms with Crippen molar-refractivity contribution in [2.75, 3.05) is 19.6 Å². The molecule has 8 heteroatoms. The van der Waals surface area contributed by atoms with Crippen LogP contribution in [0.5, 0.6) is 11.6 Å².